The first-order valence-electron chi connectivity index (χ1n) is 2.98. The molecule has 1 radical (unpaired) electrons. The van der Waals surface area contributed by atoms with Crippen LogP contribution in [0.3, 0.4) is 0 Å². The van der Waals surface area contributed by atoms with Gasteiger partial charge in [0.15, 0.2) is 0 Å². The first-order valence-corrected chi connectivity index (χ1v) is 2.98. The Kier molecular flexibility index (Phi) is 1.81. The smallest absolute Gasteiger partial charge is 0.200 e. The summed E-state index contributed by atoms with van der Waals surface area (Å²) in [6.07, 6.45) is 2.04. The Bertz CT molecular complexity index is 64.9. The Morgan fingerprint density at radius 2 is 1.62 bits per heavy atom. The van der Waals surface area contributed by atoms with Crippen LogP contribution in [0.25, 0.3) is 0 Å². The van der Waals surface area contributed by atoms with E-state index in [1.54, 1.807) is 0 Å². The minimum absolute atomic E-state index is 0.352. The summed E-state index contributed by atoms with van der Waals surface area (Å²) in [4.78, 5) is 0. The van der Waals surface area contributed by atoms with Gasteiger partial charge in [-0.15, -0.1) is 0 Å². The fourth-order valence-electron chi connectivity index (χ4n) is 1.14. The summed E-state index contributed by atoms with van der Waals surface area (Å²) in [5, 5.41) is 0. The molecule has 1 saturated carbocycles. The molecule has 0 aromatic rings. The van der Waals surface area contributed by atoms with Crippen molar-refractivity contribution in [1.82, 2.24) is 0 Å². The summed E-state index contributed by atoms with van der Waals surface area (Å²) < 4.78 is 23.3. The Labute approximate surface area is 47.9 Å². The normalized spacial score (nSPS) is 22.9. The highest BCUT2D eigenvalue weighted by molar-refractivity contribution is 4.78. The van der Waals surface area contributed by atoms with Gasteiger partial charge in [0.05, 0.1) is 0 Å². The lowest BCUT2D eigenvalue weighted by Gasteiger charge is -2.01. The second kappa shape index (κ2) is 2.42. The third-order valence-electron chi connectivity index (χ3n) is 1.66. The Morgan fingerprint density at radius 3 is 1.88 bits per heavy atom. The molecule has 0 amide bonds. The van der Waals surface area contributed by atoms with E-state index in [0.717, 1.165) is 12.8 Å². The molecule has 0 spiro atoms. The van der Waals surface area contributed by atoms with Crippen LogP contribution in [-0.4, -0.2) is 0 Å². The molecule has 0 atom stereocenters. The fraction of sp³-hybridized carbons (Fsp3) is 0.833. The predicted molar refractivity (Wildman–Crippen MR) is 27.4 cm³/mol. The van der Waals surface area contributed by atoms with Gasteiger partial charge in [0.2, 0.25) is 0 Å². The molecule has 0 aromatic carbocycles. The van der Waals surface area contributed by atoms with Crippen molar-refractivity contribution < 1.29 is 8.78 Å². The van der Waals surface area contributed by atoms with Gasteiger partial charge in [0, 0.05) is 5.92 Å². The molecule has 8 heavy (non-hydrogen) atoms. The van der Waals surface area contributed by atoms with Crippen LogP contribution < -0.4 is 0 Å². The maximum absolute atomic E-state index is 11.7. The summed E-state index contributed by atoms with van der Waals surface area (Å²) in [6.45, 7) is 0. The minimum Gasteiger partial charge on any atom is -0.200 e. The molecule has 0 aromatic heterocycles. The molecule has 1 aliphatic carbocycles. The zero-order valence-corrected chi connectivity index (χ0v) is 4.66. The zero-order valence-electron chi connectivity index (χ0n) is 4.66. The summed E-state index contributed by atoms with van der Waals surface area (Å²) in [6, 6.07) is 0. The second-order valence-electron chi connectivity index (χ2n) is 2.27. The zero-order chi connectivity index (χ0) is 5.98. The third-order valence-corrected chi connectivity index (χ3v) is 1.66. The number of hydrogen-bond donors (Lipinski definition) is 0. The molecule has 0 aliphatic heterocycles. The Morgan fingerprint density at radius 1 is 1.12 bits per heavy atom. The molecule has 0 nitrogen and oxygen atoms in total. The molecule has 1 fully saturated rings. The first-order chi connectivity index (χ1) is 3.80. The molecule has 1 aliphatic rings. The summed E-state index contributed by atoms with van der Waals surface area (Å²) >= 11 is 0. The molecule has 0 heterocycles. The molecule has 1 rings (SSSR count). The van der Waals surface area contributed by atoms with E-state index in [1.807, 2.05) is 0 Å². The molecule has 0 bridgehead atoms. The van der Waals surface area contributed by atoms with Crippen LogP contribution in [0.1, 0.15) is 25.7 Å². The first kappa shape index (κ1) is 5.99. The summed E-state index contributed by atoms with van der Waals surface area (Å²) in [5.74, 6) is -0.352. The van der Waals surface area contributed by atoms with Crippen molar-refractivity contribution in [2.24, 2.45) is 5.92 Å². The third kappa shape index (κ3) is 1.17. The predicted octanol–water partition coefficient (Wildman–Crippen LogP) is 2.61. The number of halogens is 2. The van der Waals surface area contributed by atoms with E-state index >= 15 is 0 Å². The van der Waals surface area contributed by atoms with E-state index in [9.17, 15) is 8.78 Å². The van der Waals surface area contributed by atoms with Crippen LogP contribution in [0.2, 0.25) is 0 Å². The van der Waals surface area contributed by atoms with E-state index < -0.39 is 6.43 Å². The number of hydrogen-bond acceptors (Lipinski definition) is 0. The van der Waals surface area contributed by atoms with Gasteiger partial charge in [-0.3, -0.25) is 0 Å². The van der Waals surface area contributed by atoms with E-state index in [4.69, 9.17) is 0 Å². The molecule has 0 saturated heterocycles. The summed E-state index contributed by atoms with van der Waals surface area (Å²) in [7, 11) is 0. The maximum Gasteiger partial charge on any atom is 0.313 e. The van der Waals surface area contributed by atoms with Crippen molar-refractivity contribution >= 4 is 0 Å². The Balaban J connectivity index is 2.24. The lowest BCUT2D eigenvalue weighted by Crippen LogP contribution is -1.96. The van der Waals surface area contributed by atoms with Crippen molar-refractivity contribution in [2.75, 3.05) is 0 Å². The average Bonchev–Trinajstić information content (AvgIpc) is 2.12. The van der Waals surface area contributed by atoms with E-state index in [0.29, 0.717) is 12.8 Å². The maximum atomic E-state index is 11.7. The van der Waals surface area contributed by atoms with Crippen LogP contribution in [0, 0.1) is 12.3 Å². The van der Waals surface area contributed by atoms with E-state index in [2.05, 4.69) is 0 Å². The molecule has 2 heteroatoms. The molecular formula is C6H9F2. The van der Waals surface area contributed by atoms with Crippen molar-refractivity contribution in [2.45, 2.75) is 25.7 Å². The van der Waals surface area contributed by atoms with Gasteiger partial charge < -0.3 is 0 Å². The minimum atomic E-state index is -1.36. The van der Waals surface area contributed by atoms with Gasteiger partial charge >= 0.3 is 6.43 Å². The van der Waals surface area contributed by atoms with Crippen LogP contribution in [0.4, 0.5) is 8.78 Å². The van der Waals surface area contributed by atoms with Crippen molar-refractivity contribution in [1.29, 1.82) is 0 Å². The highest BCUT2D eigenvalue weighted by atomic mass is 19.3. The van der Waals surface area contributed by atoms with Gasteiger partial charge in [0.1, 0.15) is 0 Å². The van der Waals surface area contributed by atoms with Crippen LogP contribution >= 0.6 is 0 Å². The largest absolute Gasteiger partial charge is 0.313 e. The van der Waals surface area contributed by atoms with E-state index in [1.165, 1.54) is 0 Å². The van der Waals surface area contributed by atoms with Crippen molar-refractivity contribution in [3.63, 3.8) is 0 Å². The van der Waals surface area contributed by atoms with Crippen LogP contribution in [0.5, 0.6) is 0 Å². The lowest BCUT2D eigenvalue weighted by molar-refractivity contribution is 0.208. The topological polar surface area (TPSA) is 0 Å². The molecule has 0 N–H and O–H groups in total. The summed E-state index contributed by atoms with van der Waals surface area (Å²) in [5.41, 5.74) is 0. The van der Waals surface area contributed by atoms with Gasteiger partial charge in [-0.25, -0.2) is 0 Å². The van der Waals surface area contributed by atoms with Crippen molar-refractivity contribution in [3.05, 3.63) is 6.43 Å². The quantitative estimate of drug-likeness (QED) is 0.497. The lowest BCUT2D eigenvalue weighted by atomic mass is 10.1. The van der Waals surface area contributed by atoms with Gasteiger partial charge in [-0.2, -0.15) is 8.78 Å². The molecule has 0 unspecified atom stereocenters. The SMILES string of the molecule is F[C](F)C1CCCC1. The molecule has 47 valence electrons. The fourth-order valence-corrected chi connectivity index (χ4v) is 1.14. The van der Waals surface area contributed by atoms with Gasteiger partial charge in [-0.1, -0.05) is 12.8 Å². The van der Waals surface area contributed by atoms with Crippen molar-refractivity contribution in [3.8, 4) is 0 Å². The standard InChI is InChI=1S/C6H9F2/c7-6(8)5-3-1-2-4-5/h5H,1-4H2. The highest BCUT2D eigenvalue weighted by Crippen LogP contribution is 2.33. The molecular weight excluding hydrogens is 110 g/mol. The second-order valence-corrected chi connectivity index (χ2v) is 2.27. The van der Waals surface area contributed by atoms with Crippen LogP contribution in [-0.2, 0) is 0 Å². The number of rotatable bonds is 1. The Hall–Kier alpha value is -0.140. The van der Waals surface area contributed by atoms with Gasteiger partial charge in [-0.05, 0) is 12.8 Å². The van der Waals surface area contributed by atoms with Crippen LogP contribution in [0.15, 0.2) is 0 Å². The average molecular weight is 119 g/mol. The van der Waals surface area contributed by atoms with Gasteiger partial charge in [0.25, 0.3) is 0 Å². The van der Waals surface area contributed by atoms with E-state index in [-0.39, 0.29) is 5.92 Å². The highest BCUT2D eigenvalue weighted by Gasteiger charge is 2.25. The monoisotopic (exact) mass is 119 g/mol.